The monoisotopic (exact) mass is 490 g/mol. The van der Waals surface area contributed by atoms with E-state index in [9.17, 15) is 14.7 Å². The summed E-state index contributed by atoms with van der Waals surface area (Å²) in [5.74, 6) is 6.33. The number of Topliss-reactive ketones (excluding diaryl/α,β-unsaturated/α-hetero) is 1. The summed E-state index contributed by atoms with van der Waals surface area (Å²) in [5.41, 5.74) is 9.14. The predicted octanol–water partition coefficient (Wildman–Crippen LogP) is 5.24. The maximum Gasteiger partial charge on any atom is 0.214 e. The van der Waals surface area contributed by atoms with Gasteiger partial charge in [0.15, 0.2) is 5.78 Å². The molecule has 0 saturated carbocycles. The van der Waals surface area contributed by atoms with Gasteiger partial charge in [-0.1, -0.05) is 12.0 Å². The topological polar surface area (TPSA) is 123 Å². The molecule has 0 fully saturated rings. The van der Waals surface area contributed by atoms with Gasteiger partial charge in [-0.15, -0.1) is 5.92 Å². The summed E-state index contributed by atoms with van der Waals surface area (Å²) < 4.78 is 7.14. The maximum atomic E-state index is 13.2. The molecule has 5 aromatic rings. The van der Waals surface area contributed by atoms with Crippen LogP contribution in [-0.2, 0) is 0 Å². The van der Waals surface area contributed by atoms with E-state index in [1.807, 2.05) is 12.1 Å². The van der Waals surface area contributed by atoms with Gasteiger partial charge in [0.25, 0.3) is 0 Å². The number of benzene rings is 3. The highest BCUT2D eigenvalue weighted by Gasteiger charge is 2.21. The minimum Gasteiger partial charge on any atom is -0.506 e. The maximum absolute atomic E-state index is 13.2. The Bertz CT molecular complexity index is 1750. The van der Waals surface area contributed by atoms with E-state index in [-0.39, 0.29) is 34.4 Å². The van der Waals surface area contributed by atoms with Crippen LogP contribution in [0.3, 0.4) is 0 Å². The number of H-pyrrole nitrogens is 1. The summed E-state index contributed by atoms with van der Waals surface area (Å²) in [5, 5.41) is 15.6. The molecule has 0 atom stereocenters. The smallest absolute Gasteiger partial charge is 0.214 e. The third-order valence-electron chi connectivity index (χ3n) is 5.84. The number of fused-ring (bicyclic) bond motifs is 1. The number of ether oxygens (including phenoxy) is 1. The minimum absolute atomic E-state index is 0.0583. The van der Waals surface area contributed by atoms with Crippen LogP contribution >= 0.6 is 0 Å². The fourth-order valence-corrected chi connectivity index (χ4v) is 4.01. The number of nitrogen functional groups attached to an aromatic ring is 1. The molecule has 4 N–H and O–H groups in total. The Morgan fingerprint density at radius 2 is 1.86 bits per heavy atom. The van der Waals surface area contributed by atoms with Crippen LogP contribution in [0.5, 0.6) is 17.2 Å². The fourth-order valence-electron chi connectivity index (χ4n) is 4.01. The molecule has 8 heteroatoms. The number of nitrogens with one attached hydrogen (secondary N) is 1. The standard InChI is InChI=1S/C29H22N4O4/c1-3-5-18-6-4-7-21(12-18)37-22-9-11-26(27(35)15-22)33-29(30)23(16-31-33)28(36)25-14-20-13-19(17(2)34)8-10-24(20)32-25/h4,6-16,32,35H,30H2,1-2H3. The molecule has 2 aromatic heterocycles. The number of rotatable bonds is 6. The average Bonchev–Trinajstić information content (AvgIpc) is 3.47. The SMILES string of the molecule is CC#Cc1cccc(Oc2ccc(-n3ncc(C(=O)c4cc5cc(C(C)=O)ccc5[nH]4)c3N)c(O)c2)c1. The van der Waals surface area contributed by atoms with Crippen molar-refractivity contribution in [2.75, 3.05) is 5.73 Å². The zero-order valence-corrected chi connectivity index (χ0v) is 20.1. The van der Waals surface area contributed by atoms with Crippen LogP contribution in [-0.4, -0.2) is 31.4 Å². The Kier molecular flexibility index (Phi) is 5.96. The van der Waals surface area contributed by atoms with Crippen molar-refractivity contribution in [1.82, 2.24) is 14.8 Å². The first-order valence-electron chi connectivity index (χ1n) is 11.4. The second-order valence-electron chi connectivity index (χ2n) is 8.38. The number of anilines is 1. The number of nitrogens with zero attached hydrogens (tertiary/aromatic N) is 2. The Morgan fingerprint density at radius 1 is 1.05 bits per heavy atom. The van der Waals surface area contributed by atoms with Crippen molar-refractivity contribution in [2.45, 2.75) is 13.8 Å². The Morgan fingerprint density at radius 3 is 2.62 bits per heavy atom. The van der Waals surface area contributed by atoms with Gasteiger partial charge in [0, 0.05) is 28.1 Å². The first-order chi connectivity index (χ1) is 17.8. The lowest BCUT2D eigenvalue weighted by Crippen LogP contribution is -2.07. The van der Waals surface area contributed by atoms with Gasteiger partial charge >= 0.3 is 0 Å². The largest absolute Gasteiger partial charge is 0.506 e. The number of nitrogens with two attached hydrogens (primary N) is 1. The number of aromatic amines is 1. The van der Waals surface area contributed by atoms with Crippen LogP contribution in [0.4, 0.5) is 5.82 Å². The van der Waals surface area contributed by atoms with Crippen molar-refractivity contribution in [3.8, 4) is 34.8 Å². The number of ketones is 2. The summed E-state index contributed by atoms with van der Waals surface area (Å²) >= 11 is 0. The normalized spacial score (nSPS) is 10.6. The Hall–Kier alpha value is -5.29. The van der Waals surface area contributed by atoms with Crippen LogP contribution < -0.4 is 10.5 Å². The molecule has 0 aliphatic carbocycles. The van der Waals surface area contributed by atoms with E-state index in [0.29, 0.717) is 22.8 Å². The number of hydrogen-bond donors (Lipinski definition) is 3. The molecule has 0 amide bonds. The number of hydrogen-bond acceptors (Lipinski definition) is 6. The number of carbonyl (C=O) groups excluding carboxylic acids is 2. The first kappa shape index (κ1) is 23.5. The molecular weight excluding hydrogens is 468 g/mol. The van der Waals surface area contributed by atoms with Crippen LogP contribution in [0.1, 0.15) is 45.8 Å². The van der Waals surface area contributed by atoms with Crippen LogP contribution in [0.15, 0.2) is 72.9 Å². The van der Waals surface area contributed by atoms with Gasteiger partial charge in [0.05, 0.1) is 17.5 Å². The van der Waals surface area contributed by atoms with Gasteiger partial charge < -0.3 is 20.6 Å². The van der Waals surface area contributed by atoms with E-state index >= 15 is 0 Å². The summed E-state index contributed by atoms with van der Waals surface area (Å²) in [6.45, 7) is 3.25. The van der Waals surface area contributed by atoms with Crippen LogP contribution in [0, 0.1) is 11.8 Å². The third-order valence-corrected chi connectivity index (χ3v) is 5.84. The van der Waals surface area contributed by atoms with E-state index in [1.54, 1.807) is 55.5 Å². The van der Waals surface area contributed by atoms with Gasteiger partial charge in [-0.25, -0.2) is 4.68 Å². The van der Waals surface area contributed by atoms with E-state index in [2.05, 4.69) is 21.9 Å². The van der Waals surface area contributed by atoms with Gasteiger partial charge in [0.2, 0.25) is 5.78 Å². The molecular formula is C29H22N4O4. The van der Waals surface area contributed by atoms with Crippen molar-refractivity contribution in [3.63, 3.8) is 0 Å². The van der Waals surface area contributed by atoms with Gasteiger partial charge in [0.1, 0.15) is 28.8 Å². The Balaban J connectivity index is 1.41. The van der Waals surface area contributed by atoms with Gasteiger partial charge in [-0.2, -0.15) is 5.10 Å². The molecule has 0 saturated heterocycles. The number of aromatic hydroxyl groups is 1. The van der Waals surface area contributed by atoms with E-state index in [1.165, 1.54) is 23.9 Å². The molecule has 5 rings (SSSR count). The lowest BCUT2D eigenvalue weighted by molar-refractivity contribution is 0.101. The molecule has 0 unspecified atom stereocenters. The van der Waals surface area contributed by atoms with Crippen LogP contribution in [0.25, 0.3) is 16.6 Å². The van der Waals surface area contributed by atoms with Crippen molar-refractivity contribution in [1.29, 1.82) is 0 Å². The molecule has 37 heavy (non-hydrogen) atoms. The molecule has 0 spiro atoms. The quantitative estimate of drug-likeness (QED) is 0.221. The molecule has 0 aliphatic heterocycles. The highest BCUT2D eigenvalue weighted by atomic mass is 16.5. The zero-order chi connectivity index (χ0) is 26.1. The second kappa shape index (κ2) is 9.40. The summed E-state index contributed by atoms with van der Waals surface area (Å²) in [7, 11) is 0. The average molecular weight is 491 g/mol. The van der Waals surface area contributed by atoms with Gasteiger partial charge in [-0.3, -0.25) is 9.59 Å². The Labute approximate surface area is 212 Å². The van der Waals surface area contributed by atoms with E-state index < -0.39 is 0 Å². The zero-order valence-electron chi connectivity index (χ0n) is 20.1. The van der Waals surface area contributed by atoms with Crippen molar-refractivity contribution >= 4 is 28.3 Å². The summed E-state index contributed by atoms with van der Waals surface area (Å²) in [6, 6.07) is 18.9. The third kappa shape index (κ3) is 4.54. The van der Waals surface area contributed by atoms with Crippen molar-refractivity contribution < 1.29 is 19.4 Å². The highest BCUT2D eigenvalue weighted by Crippen LogP contribution is 2.32. The minimum atomic E-state index is -0.362. The van der Waals surface area contributed by atoms with Crippen molar-refractivity contribution in [2.24, 2.45) is 0 Å². The molecule has 0 radical (unpaired) electrons. The van der Waals surface area contributed by atoms with Gasteiger partial charge in [-0.05, 0) is 68.4 Å². The van der Waals surface area contributed by atoms with E-state index in [0.717, 1.165) is 16.5 Å². The first-order valence-corrected chi connectivity index (χ1v) is 11.4. The number of carbonyl (C=O) groups is 2. The second-order valence-corrected chi connectivity index (χ2v) is 8.38. The highest BCUT2D eigenvalue weighted by molar-refractivity contribution is 6.13. The molecule has 8 nitrogen and oxygen atoms in total. The molecule has 3 aromatic carbocycles. The molecule has 0 aliphatic rings. The number of phenols is 1. The number of aromatic nitrogens is 3. The molecule has 0 bridgehead atoms. The summed E-state index contributed by atoms with van der Waals surface area (Å²) in [4.78, 5) is 27.9. The molecule has 182 valence electrons. The lowest BCUT2D eigenvalue weighted by Gasteiger charge is -2.10. The van der Waals surface area contributed by atoms with E-state index in [4.69, 9.17) is 10.5 Å². The number of phenolic OH excluding ortho intramolecular Hbond substituents is 1. The predicted molar refractivity (Wildman–Crippen MR) is 140 cm³/mol. The summed E-state index contributed by atoms with van der Waals surface area (Å²) in [6.07, 6.45) is 1.36. The van der Waals surface area contributed by atoms with Crippen molar-refractivity contribution in [3.05, 3.63) is 95.3 Å². The lowest BCUT2D eigenvalue weighted by atomic mass is 10.1. The molecule has 2 heterocycles. The van der Waals surface area contributed by atoms with Crippen LogP contribution in [0.2, 0.25) is 0 Å². The fraction of sp³-hybridized carbons (Fsp3) is 0.0690.